The second-order valence-corrected chi connectivity index (χ2v) is 8.84. The number of rotatable bonds is 2. The minimum absolute atomic E-state index is 0.0290. The summed E-state index contributed by atoms with van der Waals surface area (Å²) in [5.41, 5.74) is 0.772. The second kappa shape index (κ2) is 4.32. The predicted octanol–water partition coefficient (Wildman–Crippen LogP) is 3.19. The number of sulfonamides is 1. The van der Waals surface area contributed by atoms with E-state index in [1.165, 1.54) is 0 Å². The van der Waals surface area contributed by atoms with Crippen LogP contribution in [0.4, 0.5) is 0 Å². The Hall–Kier alpha value is -0.870. The summed E-state index contributed by atoms with van der Waals surface area (Å²) in [7, 11) is -3.40. The lowest BCUT2D eigenvalue weighted by molar-refractivity contribution is 0.291. The zero-order chi connectivity index (χ0) is 14.5. The molecule has 0 radical (unpaired) electrons. The van der Waals surface area contributed by atoms with E-state index >= 15 is 0 Å². The van der Waals surface area contributed by atoms with Crippen LogP contribution < -0.4 is 0 Å². The molecule has 4 heteroatoms. The Balaban J connectivity index is 2.43. The van der Waals surface area contributed by atoms with Crippen LogP contribution in [0.25, 0.3) is 0 Å². The van der Waals surface area contributed by atoms with Crippen LogP contribution in [0, 0.1) is 12.3 Å². The fourth-order valence-corrected chi connectivity index (χ4v) is 5.13. The van der Waals surface area contributed by atoms with Crippen LogP contribution in [0.3, 0.4) is 0 Å². The van der Waals surface area contributed by atoms with Gasteiger partial charge >= 0.3 is 0 Å². The summed E-state index contributed by atoms with van der Waals surface area (Å²) >= 11 is 0. The van der Waals surface area contributed by atoms with Crippen molar-refractivity contribution in [3.63, 3.8) is 0 Å². The van der Waals surface area contributed by atoms with Gasteiger partial charge in [0.1, 0.15) is 0 Å². The van der Waals surface area contributed by atoms with Crippen LogP contribution in [0.1, 0.15) is 39.7 Å². The molecule has 1 aliphatic heterocycles. The fourth-order valence-electron chi connectivity index (χ4n) is 3.17. The monoisotopic (exact) mass is 281 g/mol. The smallest absolute Gasteiger partial charge is 0.207 e. The van der Waals surface area contributed by atoms with Crippen molar-refractivity contribution < 1.29 is 8.42 Å². The zero-order valence-electron chi connectivity index (χ0n) is 12.4. The Labute approximate surface area is 116 Å². The van der Waals surface area contributed by atoms with Crippen LogP contribution in [-0.4, -0.2) is 24.8 Å². The Bertz CT molecular complexity index is 571. The van der Waals surface area contributed by atoms with Gasteiger partial charge in [-0.15, -0.1) is 0 Å². The van der Waals surface area contributed by atoms with Crippen molar-refractivity contribution >= 4 is 10.0 Å². The lowest BCUT2D eigenvalue weighted by atomic mass is 9.86. The molecule has 1 aromatic rings. The van der Waals surface area contributed by atoms with Gasteiger partial charge < -0.3 is 0 Å². The summed E-state index contributed by atoms with van der Waals surface area (Å²) in [6.45, 7) is 10.8. The molecular weight excluding hydrogens is 258 g/mol. The van der Waals surface area contributed by atoms with E-state index in [4.69, 9.17) is 0 Å². The second-order valence-electron chi connectivity index (χ2n) is 6.98. The Morgan fingerprint density at radius 1 is 1.05 bits per heavy atom. The van der Waals surface area contributed by atoms with Crippen LogP contribution in [-0.2, 0) is 10.0 Å². The molecule has 0 aromatic heterocycles. The minimum atomic E-state index is -3.40. The van der Waals surface area contributed by atoms with E-state index in [0.29, 0.717) is 11.4 Å². The van der Waals surface area contributed by atoms with Gasteiger partial charge in [-0.2, -0.15) is 4.31 Å². The number of nitrogens with zero attached hydrogens (tertiary/aromatic N) is 1. The topological polar surface area (TPSA) is 37.4 Å². The third kappa shape index (κ3) is 2.70. The average molecular weight is 281 g/mol. The molecular formula is C15H23NO2S. The summed E-state index contributed by atoms with van der Waals surface area (Å²) in [5.74, 6) is 0. The van der Waals surface area contributed by atoms with E-state index in [9.17, 15) is 8.42 Å². The number of hydrogen-bond donors (Lipinski definition) is 0. The van der Waals surface area contributed by atoms with Crippen LogP contribution in [0.2, 0.25) is 0 Å². The first-order chi connectivity index (χ1) is 8.55. The van der Waals surface area contributed by atoms with Gasteiger partial charge in [0.15, 0.2) is 0 Å². The molecule has 0 saturated carbocycles. The summed E-state index contributed by atoms with van der Waals surface area (Å²) in [6.07, 6.45) is 0.880. The maximum absolute atomic E-state index is 12.8. The van der Waals surface area contributed by atoms with Gasteiger partial charge in [0.05, 0.1) is 4.90 Å². The molecule has 1 saturated heterocycles. The van der Waals surface area contributed by atoms with Gasteiger partial charge in [0.2, 0.25) is 10.0 Å². The van der Waals surface area contributed by atoms with E-state index in [1.54, 1.807) is 16.4 Å². The molecule has 19 heavy (non-hydrogen) atoms. The number of benzene rings is 1. The largest absolute Gasteiger partial charge is 0.243 e. The summed E-state index contributed by atoms with van der Waals surface area (Å²) in [4.78, 5) is 0.392. The average Bonchev–Trinajstić information content (AvgIpc) is 2.48. The first-order valence-electron chi connectivity index (χ1n) is 6.64. The van der Waals surface area contributed by atoms with Gasteiger partial charge in [-0.3, -0.25) is 0 Å². The van der Waals surface area contributed by atoms with Crippen LogP contribution in [0.5, 0.6) is 0 Å². The summed E-state index contributed by atoms with van der Waals surface area (Å²) in [5, 5.41) is 0. The van der Waals surface area contributed by atoms with Gasteiger partial charge in [0.25, 0.3) is 0 Å². The SMILES string of the molecule is Cc1ccc(S(=O)(=O)N2CC(C)(C)CC2(C)C)cc1. The van der Waals surface area contributed by atoms with Crippen LogP contribution in [0.15, 0.2) is 29.2 Å². The highest BCUT2D eigenvalue weighted by atomic mass is 32.2. The van der Waals surface area contributed by atoms with Gasteiger partial charge in [-0.05, 0) is 44.7 Å². The Morgan fingerprint density at radius 3 is 2.00 bits per heavy atom. The van der Waals surface area contributed by atoms with E-state index < -0.39 is 10.0 Å². The molecule has 0 aliphatic carbocycles. The van der Waals surface area contributed by atoms with Crippen molar-refractivity contribution in [2.45, 2.75) is 51.5 Å². The molecule has 0 bridgehead atoms. The normalized spacial score (nSPS) is 22.6. The number of hydrogen-bond acceptors (Lipinski definition) is 2. The van der Waals surface area contributed by atoms with Crippen molar-refractivity contribution in [2.24, 2.45) is 5.41 Å². The quantitative estimate of drug-likeness (QED) is 0.835. The van der Waals surface area contributed by atoms with Crippen LogP contribution >= 0.6 is 0 Å². The first-order valence-corrected chi connectivity index (χ1v) is 8.08. The third-order valence-corrected chi connectivity index (χ3v) is 5.84. The van der Waals surface area contributed by atoms with Crippen molar-refractivity contribution in [1.29, 1.82) is 0 Å². The van der Waals surface area contributed by atoms with Gasteiger partial charge in [-0.1, -0.05) is 31.5 Å². The van der Waals surface area contributed by atoms with E-state index in [-0.39, 0.29) is 11.0 Å². The van der Waals surface area contributed by atoms with Crippen molar-refractivity contribution in [3.8, 4) is 0 Å². The highest BCUT2D eigenvalue weighted by molar-refractivity contribution is 7.89. The molecule has 1 fully saturated rings. The highest BCUT2D eigenvalue weighted by Gasteiger charge is 2.48. The molecule has 1 aliphatic rings. The molecule has 0 amide bonds. The van der Waals surface area contributed by atoms with Crippen molar-refractivity contribution in [2.75, 3.05) is 6.54 Å². The van der Waals surface area contributed by atoms with Crippen molar-refractivity contribution in [3.05, 3.63) is 29.8 Å². The Kier molecular flexibility index (Phi) is 3.30. The molecule has 2 rings (SSSR count). The molecule has 0 N–H and O–H groups in total. The lowest BCUT2D eigenvalue weighted by Gasteiger charge is -2.30. The molecule has 0 spiro atoms. The molecule has 1 aromatic carbocycles. The molecule has 3 nitrogen and oxygen atoms in total. The lowest BCUT2D eigenvalue weighted by Crippen LogP contribution is -2.42. The maximum atomic E-state index is 12.8. The predicted molar refractivity (Wildman–Crippen MR) is 77.5 cm³/mol. The standard InChI is InChI=1S/C15H23NO2S/c1-12-6-8-13(9-7-12)19(17,18)16-11-14(2,3)10-15(16,4)5/h6-9H,10-11H2,1-5H3. The minimum Gasteiger partial charge on any atom is -0.207 e. The first kappa shape index (κ1) is 14.5. The molecule has 0 atom stereocenters. The van der Waals surface area contributed by atoms with E-state index in [1.807, 2.05) is 32.9 Å². The molecule has 106 valence electrons. The van der Waals surface area contributed by atoms with E-state index in [2.05, 4.69) is 13.8 Å². The third-order valence-electron chi connectivity index (χ3n) is 3.77. The maximum Gasteiger partial charge on any atom is 0.243 e. The number of aryl methyl sites for hydroxylation is 1. The molecule has 0 unspecified atom stereocenters. The Morgan fingerprint density at radius 2 is 1.58 bits per heavy atom. The highest BCUT2D eigenvalue weighted by Crippen LogP contribution is 2.43. The fraction of sp³-hybridized carbons (Fsp3) is 0.600. The van der Waals surface area contributed by atoms with E-state index in [0.717, 1.165) is 12.0 Å². The van der Waals surface area contributed by atoms with Crippen molar-refractivity contribution in [1.82, 2.24) is 4.31 Å². The van der Waals surface area contributed by atoms with Gasteiger partial charge in [0, 0.05) is 12.1 Å². The summed E-state index contributed by atoms with van der Waals surface area (Å²) < 4.78 is 27.2. The zero-order valence-corrected chi connectivity index (χ0v) is 13.2. The van der Waals surface area contributed by atoms with Gasteiger partial charge in [-0.25, -0.2) is 8.42 Å². The summed E-state index contributed by atoms with van der Waals surface area (Å²) in [6, 6.07) is 7.10. The molecule has 1 heterocycles.